The first-order valence-corrected chi connectivity index (χ1v) is 11.4. The van der Waals surface area contributed by atoms with Gasteiger partial charge in [-0.3, -0.25) is 9.59 Å². The molecule has 0 saturated heterocycles. The van der Waals surface area contributed by atoms with Crippen LogP contribution in [0.2, 0.25) is 0 Å². The monoisotopic (exact) mass is 468 g/mol. The number of hydrogen-bond acceptors (Lipinski definition) is 2. The van der Waals surface area contributed by atoms with E-state index in [4.69, 9.17) is 10.2 Å². The second-order valence-corrected chi connectivity index (χ2v) is 8.55. The van der Waals surface area contributed by atoms with Crippen molar-refractivity contribution in [3.05, 3.63) is 0 Å². The first-order valence-electron chi connectivity index (χ1n) is 10.1. The lowest BCUT2D eigenvalue weighted by Crippen LogP contribution is -2.11. The van der Waals surface area contributed by atoms with Crippen LogP contribution in [0.1, 0.15) is 109 Å². The Labute approximate surface area is 167 Å². The average molecular weight is 468 g/mol. The van der Waals surface area contributed by atoms with Crippen LogP contribution in [0.3, 0.4) is 0 Å². The molecule has 0 bridgehead atoms. The van der Waals surface area contributed by atoms with Gasteiger partial charge in [-0.25, -0.2) is 0 Å². The molecular weight excluding hydrogens is 431 g/mol. The summed E-state index contributed by atoms with van der Waals surface area (Å²) in [5, 5.41) is 17.3. The van der Waals surface area contributed by atoms with Crippen LogP contribution < -0.4 is 0 Å². The minimum absolute atomic E-state index is 0.220. The van der Waals surface area contributed by atoms with E-state index in [1.54, 1.807) is 0 Å². The van der Waals surface area contributed by atoms with Gasteiger partial charge in [-0.2, -0.15) is 0 Å². The van der Waals surface area contributed by atoms with Gasteiger partial charge < -0.3 is 10.2 Å². The zero-order valence-electron chi connectivity index (χ0n) is 15.7. The van der Waals surface area contributed by atoms with Crippen LogP contribution >= 0.6 is 22.6 Å². The second-order valence-electron chi connectivity index (χ2n) is 7.04. The molecule has 2 N–H and O–H groups in total. The maximum atomic E-state index is 10.7. The van der Waals surface area contributed by atoms with Gasteiger partial charge in [0, 0.05) is 6.42 Å². The smallest absolute Gasteiger partial charge is 0.316 e. The maximum Gasteiger partial charge on any atom is 0.316 e. The van der Waals surface area contributed by atoms with Gasteiger partial charge in [0.2, 0.25) is 0 Å². The molecule has 148 valence electrons. The van der Waals surface area contributed by atoms with E-state index < -0.39 is 11.9 Å². The molecule has 0 aliphatic heterocycles. The largest absolute Gasteiger partial charge is 0.481 e. The summed E-state index contributed by atoms with van der Waals surface area (Å²) in [7, 11) is 0. The van der Waals surface area contributed by atoms with Gasteiger partial charge in [-0.05, 0) is 12.8 Å². The summed E-state index contributed by atoms with van der Waals surface area (Å²) in [5.74, 6) is -1.36. The Hall–Kier alpha value is -0.330. The summed E-state index contributed by atoms with van der Waals surface area (Å²) in [5.41, 5.74) is 0. The first-order chi connectivity index (χ1) is 12.0. The molecule has 0 spiro atoms. The number of unbranched alkanes of at least 4 members (excludes halogenated alkanes) is 14. The number of carboxylic acid groups (broad SMARTS) is 2. The molecule has 0 saturated carbocycles. The molecule has 4 nitrogen and oxygen atoms in total. The normalized spacial score (nSPS) is 12.2. The van der Waals surface area contributed by atoms with E-state index in [-0.39, 0.29) is 3.92 Å². The number of carbonyl (C=O) groups is 2. The Bertz CT molecular complexity index is 334. The third-order valence-corrected chi connectivity index (χ3v) is 5.77. The highest BCUT2D eigenvalue weighted by molar-refractivity contribution is 14.1. The highest BCUT2D eigenvalue weighted by Crippen LogP contribution is 2.16. The molecule has 0 rings (SSSR count). The van der Waals surface area contributed by atoms with Crippen molar-refractivity contribution >= 4 is 34.5 Å². The summed E-state index contributed by atoms with van der Waals surface area (Å²) in [6.07, 6.45) is 19.4. The van der Waals surface area contributed by atoms with Crippen molar-refractivity contribution in [2.75, 3.05) is 0 Å². The topological polar surface area (TPSA) is 74.6 Å². The van der Waals surface area contributed by atoms with Gasteiger partial charge in [-0.15, -0.1) is 0 Å². The molecule has 0 aromatic carbocycles. The molecule has 1 atom stereocenters. The van der Waals surface area contributed by atoms with Gasteiger partial charge in [0.25, 0.3) is 0 Å². The highest BCUT2D eigenvalue weighted by Gasteiger charge is 2.11. The quantitative estimate of drug-likeness (QED) is 0.127. The average Bonchev–Trinajstić information content (AvgIpc) is 2.57. The van der Waals surface area contributed by atoms with Gasteiger partial charge >= 0.3 is 11.9 Å². The van der Waals surface area contributed by atoms with Crippen molar-refractivity contribution in [2.45, 2.75) is 113 Å². The first kappa shape index (κ1) is 24.7. The predicted octanol–water partition coefficient (Wildman–Crippen LogP) is 6.59. The lowest BCUT2D eigenvalue weighted by Gasteiger charge is -2.05. The summed E-state index contributed by atoms with van der Waals surface area (Å²) in [4.78, 5) is 21.1. The SMILES string of the molecule is O=C(O)CCCCCCCCCCCCCCCCCC(I)C(=O)O. The molecule has 25 heavy (non-hydrogen) atoms. The van der Waals surface area contributed by atoms with E-state index in [1.807, 2.05) is 22.6 Å². The highest BCUT2D eigenvalue weighted by atomic mass is 127. The molecule has 0 radical (unpaired) electrons. The molecule has 0 amide bonds. The van der Waals surface area contributed by atoms with Crippen LogP contribution in [0.5, 0.6) is 0 Å². The second kappa shape index (κ2) is 18.5. The van der Waals surface area contributed by atoms with E-state index in [0.717, 1.165) is 25.7 Å². The number of aliphatic carboxylic acids is 2. The molecule has 0 aromatic heterocycles. The van der Waals surface area contributed by atoms with Crippen molar-refractivity contribution in [2.24, 2.45) is 0 Å². The number of rotatable bonds is 19. The molecule has 0 aliphatic rings. The predicted molar refractivity (Wildman–Crippen MR) is 112 cm³/mol. The zero-order valence-corrected chi connectivity index (χ0v) is 17.8. The Morgan fingerprint density at radius 2 is 0.920 bits per heavy atom. The Morgan fingerprint density at radius 1 is 0.600 bits per heavy atom. The summed E-state index contributed by atoms with van der Waals surface area (Å²) in [6, 6.07) is 0. The van der Waals surface area contributed by atoms with Gasteiger partial charge in [0.05, 0.1) is 0 Å². The zero-order chi connectivity index (χ0) is 18.8. The Kier molecular flexibility index (Phi) is 18.2. The lowest BCUT2D eigenvalue weighted by atomic mass is 10.0. The molecule has 0 heterocycles. The standard InChI is InChI=1S/C20H37IO4/c21-18(20(24)25)16-14-12-10-8-6-4-2-1-3-5-7-9-11-13-15-17-19(22)23/h18H,1-17H2,(H,22,23)(H,24,25). The fraction of sp³-hybridized carbons (Fsp3) is 0.900. The van der Waals surface area contributed by atoms with Crippen LogP contribution in [0.4, 0.5) is 0 Å². The summed E-state index contributed by atoms with van der Waals surface area (Å²) in [6.45, 7) is 0. The van der Waals surface area contributed by atoms with E-state index in [1.165, 1.54) is 77.0 Å². The minimum atomic E-state index is -0.682. The minimum Gasteiger partial charge on any atom is -0.481 e. The van der Waals surface area contributed by atoms with Crippen molar-refractivity contribution < 1.29 is 19.8 Å². The molecule has 1 unspecified atom stereocenters. The van der Waals surface area contributed by atoms with E-state index in [2.05, 4.69) is 0 Å². The van der Waals surface area contributed by atoms with Crippen LogP contribution in [0, 0.1) is 0 Å². The van der Waals surface area contributed by atoms with E-state index in [0.29, 0.717) is 6.42 Å². The third kappa shape index (κ3) is 19.8. The fourth-order valence-electron chi connectivity index (χ4n) is 3.02. The van der Waals surface area contributed by atoms with Gasteiger partial charge in [0.15, 0.2) is 0 Å². The Morgan fingerprint density at radius 3 is 1.24 bits per heavy atom. The summed E-state index contributed by atoms with van der Waals surface area (Å²) >= 11 is 2.01. The Balaban J connectivity index is 3.07. The van der Waals surface area contributed by atoms with Crippen molar-refractivity contribution in [1.29, 1.82) is 0 Å². The number of halogens is 1. The van der Waals surface area contributed by atoms with Crippen LogP contribution in [0.25, 0.3) is 0 Å². The lowest BCUT2D eigenvalue weighted by molar-refractivity contribution is -0.137. The van der Waals surface area contributed by atoms with Crippen LogP contribution in [-0.2, 0) is 9.59 Å². The molecule has 0 fully saturated rings. The molecule has 0 aromatic rings. The van der Waals surface area contributed by atoms with E-state index in [9.17, 15) is 9.59 Å². The van der Waals surface area contributed by atoms with Crippen molar-refractivity contribution in [1.82, 2.24) is 0 Å². The van der Waals surface area contributed by atoms with Gasteiger partial charge in [0.1, 0.15) is 3.92 Å². The number of hydrogen-bond donors (Lipinski definition) is 2. The fourth-order valence-corrected chi connectivity index (χ4v) is 3.46. The third-order valence-electron chi connectivity index (χ3n) is 4.62. The van der Waals surface area contributed by atoms with Crippen LogP contribution in [-0.4, -0.2) is 26.1 Å². The van der Waals surface area contributed by atoms with Crippen LogP contribution in [0.15, 0.2) is 0 Å². The molecule has 5 heteroatoms. The maximum absolute atomic E-state index is 10.7. The molecule has 0 aliphatic carbocycles. The van der Waals surface area contributed by atoms with Crippen molar-refractivity contribution in [3.8, 4) is 0 Å². The van der Waals surface area contributed by atoms with E-state index >= 15 is 0 Å². The molecular formula is C20H37IO4. The van der Waals surface area contributed by atoms with Crippen molar-refractivity contribution in [3.63, 3.8) is 0 Å². The summed E-state index contributed by atoms with van der Waals surface area (Å²) < 4.78 is -0.220. The van der Waals surface area contributed by atoms with Gasteiger partial charge in [-0.1, -0.05) is 112 Å². The number of alkyl halides is 1. The number of carboxylic acids is 2.